The molecular weight excluding hydrogens is 376 g/mol. The third-order valence-electron chi connectivity index (χ3n) is 5.82. The molecule has 0 saturated heterocycles. The number of hydrogen-bond acceptors (Lipinski definition) is 1. The van der Waals surface area contributed by atoms with Crippen LogP contribution >= 0.6 is 0 Å². The van der Waals surface area contributed by atoms with Gasteiger partial charge >= 0.3 is 0 Å². The number of benzene rings is 3. The Balaban J connectivity index is 1.66. The summed E-state index contributed by atoms with van der Waals surface area (Å²) >= 11 is 0. The van der Waals surface area contributed by atoms with Crippen molar-refractivity contribution in [2.45, 2.75) is 46.0 Å². The van der Waals surface area contributed by atoms with E-state index in [2.05, 4.69) is 113 Å². The highest BCUT2D eigenvalue weighted by atomic mass is 15.3. The summed E-state index contributed by atoms with van der Waals surface area (Å²) in [5.41, 5.74) is 7.59. The predicted octanol–water partition coefficient (Wildman–Crippen LogP) is 7.58. The van der Waals surface area contributed by atoms with Crippen LogP contribution in [0.25, 0.3) is 0 Å². The first-order chi connectivity index (χ1) is 14.8. The topological polar surface area (TPSA) is 3.24 Å². The molecule has 0 heterocycles. The summed E-state index contributed by atoms with van der Waals surface area (Å²) in [5.74, 6) is 0. The highest BCUT2D eigenvalue weighted by Crippen LogP contribution is 2.34. The van der Waals surface area contributed by atoms with E-state index in [4.69, 9.17) is 0 Å². The van der Waals surface area contributed by atoms with E-state index in [9.17, 15) is 0 Å². The van der Waals surface area contributed by atoms with Crippen molar-refractivity contribution in [3.05, 3.63) is 89.5 Å². The van der Waals surface area contributed by atoms with Gasteiger partial charge in [0.25, 0.3) is 0 Å². The molecule has 0 unspecified atom stereocenters. The van der Waals surface area contributed by atoms with Gasteiger partial charge < -0.3 is 9.38 Å². The van der Waals surface area contributed by atoms with Crippen molar-refractivity contribution in [1.29, 1.82) is 0 Å². The Hall–Kier alpha value is -2.58. The maximum atomic E-state index is 2.34. The van der Waals surface area contributed by atoms with E-state index in [0.717, 1.165) is 4.48 Å². The number of unbranched alkanes of at least 4 members (excludes halogenated alkanes) is 3. The summed E-state index contributed by atoms with van der Waals surface area (Å²) < 4.78 is 1.07. The maximum Gasteiger partial charge on any atom is 0.0780 e. The molecule has 0 radical (unpaired) electrons. The zero-order valence-corrected chi connectivity index (χ0v) is 20.1. The molecule has 0 saturated carbocycles. The third kappa shape index (κ3) is 7.25. The van der Waals surface area contributed by atoms with Crippen LogP contribution in [-0.4, -0.2) is 32.2 Å². The molecule has 0 aliphatic heterocycles. The molecule has 0 spiro atoms. The summed E-state index contributed by atoms with van der Waals surface area (Å²) in [6.45, 7) is 5.54. The van der Waals surface area contributed by atoms with E-state index in [0.29, 0.717) is 0 Å². The van der Waals surface area contributed by atoms with E-state index < -0.39 is 0 Å². The third-order valence-corrected chi connectivity index (χ3v) is 5.82. The molecule has 3 rings (SSSR count). The molecule has 0 bridgehead atoms. The number of hydrogen-bond donors (Lipinski definition) is 0. The molecule has 0 aliphatic rings. The van der Waals surface area contributed by atoms with Gasteiger partial charge in [0.1, 0.15) is 0 Å². The predicted molar refractivity (Wildman–Crippen MR) is 136 cm³/mol. The van der Waals surface area contributed by atoms with Crippen LogP contribution in [0.3, 0.4) is 0 Å². The maximum absolute atomic E-state index is 2.34. The number of aryl methyl sites for hydroxylation is 3. The SMILES string of the molecule is Cc1ccc(N(c2ccc(C)cc2)c2ccc(CCCCCC[N+](C)(C)C)cc2)cc1. The first-order valence-electron chi connectivity index (χ1n) is 11.6. The van der Waals surface area contributed by atoms with Gasteiger partial charge in [0, 0.05) is 17.1 Å². The largest absolute Gasteiger partial charge is 0.331 e. The van der Waals surface area contributed by atoms with Gasteiger partial charge in [-0.1, -0.05) is 53.9 Å². The van der Waals surface area contributed by atoms with Gasteiger partial charge in [-0.3, -0.25) is 0 Å². The molecule has 31 heavy (non-hydrogen) atoms. The minimum absolute atomic E-state index is 1.07. The van der Waals surface area contributed by atoms with Crippen molar-refractivity contribution < 1.29 is 4.48 Å². The lowest BCUT2D eigenvalue weighted by molar-refractivity contribution is -0.870. The van der Waals surface area contributed by atoms with Crippen LogP contribution < -0.4 is 4.90 Å². The number of anilines is 3. The molecule has 2 heteroatoms. The second kappa shape index (κ2) is 10.6. The van der Waals surface area contributed by atoms with Crippen molar-refractivity contribution in [1.82, 2.24) is 0 Å². The Morgan fingerprint density at radius 3 is 1.42 bits per heavy atom. The van der Waals surface area contributed by atoms with Gasteiger partial charge in [0.05, 0.1) is 27.7 Å². The van der Waals surface area contributed by atoms with Crippen molar-refractivity contribution in [2.75, 3.05) is 32.6 Å². The van der Waals surface area contributed by atoms with Gasteiger partial charge in [-0.05, 0) is 81.5 Å². The van der Waals surface area contributed by atoms with E-state index in [1.54, 1.807) is 0 Å². The van der Waals surface area contributed by atoms with Crippen LogP contribution in [0.5, 0.6) is 0 Å². The van der Waals surface area contributed by atoms with Crippen LogP contribution in [-0.2, 0) is 6.42 Å². The molecule has 0 aromatic heterocycles. The van der Waals surface area contributed by atoms with Gasteiger partial charge in [-0.15, -0.1) is 0 Å². The first kappa shape index (κ1) is 23.1. The molecule has 0 N–H and O–H groups in total. The van der Waals surface area contributed by atoms with E-state index in [1.165, 1.54) is 72.4 Å². The highest BCUT2D eigenvalue weighted by Gasteiger charge is 2.12. The van der Waals surface area contributed by atoms with E-state index in [-0.39, 0.29) is 0 Å². The summed E-state index contributed by atoms with van der Waals surface area (Å²) in [6.07, 6.45) is 6.42. The second-order valence-corrected chi connectivity index (χ2v) is 9.85. The fourth-order valence-corrected chi connectivity index (χ4v) is 3.92. The fraction of sp³-hybridized carbons (Fsp3) is 0.379. The average Bonchev–Trinajstić information content (AvgIpc) is 2.74. The van der Waals surface area contributed by atoms with Gasteiger partial charge in [-0.2, -0.15) is 0 Å². The Morgan fingerprint density at radius 1 is 0.548 bits per heavy atom. The second-order valence-electron chi connectivity index (χ2n) is 9.85. The van der Waals surface area contributed by atoms with Crippen LogP contribution in [0.1, 0.15) is 42.4 Å². The molecule has 3 aromatic rings. The van der Waals surface area contributed by atoms with Crippen molar-refractivity contribution in [3.63, 3.8) is 0 Å². The first-order valence-corrected chi connectivity index (χ1v) is 11.6. The van der Waals surface area contributed by atoms with Crippen molar-refractivity contribution in [3.8, 4) is 0 Å². The van der Waals surface area contributed by atoms with Gasteiger partial charge in [-0.25, -0.2) is 0 Å². The summed E-state index contributed by atoms with van der Waals surface area (Å²) in [7, 11) is 6.83. The lowest BCUT2D eigenvalue weighted by Gasteiger charge is -2.26. The van der Waals surface area contributed by atoms with Crippen LogP contribution in [0.4, 0.5) is 17.1 Å². The van der Waals surface area contributed by atoms with E-state index in [1.807, 2.05) is 0 Å². The smallest absolute Gasteiger partial charge is 0.0780 e. The van der Waals surface area contributed by atoms with Crippen LogP contribution in [0, 0.1) is 13.8 Å². The summed E-state index contributed by atoms with van der Waals surface area (Å²) in [5, 5.41) is 0. The zero-order chi connectivity index (χ0) is 22.3. The minimum atomic E-state index is 1.07. The lowest BCUT2D eigenvalue weighted by atomic mass is 10.0. The minimum Gasteiger partial charge on any atom is -0.331 e. The normalized spacial score (nSPS) is 11.5. The number of nitrogens with zero attached hydrogens (tertiary/aromatic N) is 2. The number of quaternary nitrogens is 1. The Kier molecular flexibility index (Phi) is 7.92. The quantitative estimate of drug-likeness (QED) is 0.244. The van der Waals surface area contributed by atoms with Crippen LogP contribution in [0.2, 0.25) is 0 Å². The lowest BCUT2D eigenvalue weighted by Crippen LogP contribution is -2.35. The summed E-state index contributed by atoms with van der Waals surface area (Å²) in [6, 6.07) is 26.7. The molecule has 0 aliphatic carbocycles. The zero-order valence-electron chi connectivity index (χ0n) is 20.1. The molecular formula is C29H39N2+. The monoisotopic (exact) mass is 415 g/mol. The van der Waals surface area contributed by atoms with E-state index >= 15 is 0 Å². The molecule has 0 atom stereocenters. The molecule has 164 valence electrons. The van der Waals surface area contributed by atoms with Gasteiger partial charge in [0.2, 0.25) is 0 Å². The average molecular weight is 416 g/mol. The Bertz CT molecular complexity index is 871. The number of rotatable bonds is 10. The van der Waals surface area contributed by atoms with Crippen LogP contribution in [0.15, 0.2) is 72.8 Å². The molecule has 0 amide bonds. The van der Waals surface area contributed by atoms with Crippen molar-refractivity contribution in [2.24, 2.45) is 0 Å². The molecule has 2 nitrogen and oxygen atoms in total. The molecule has 3 aromatic carbocycles. The van der Waals surface area contributed by atoms with Gasteiger partial charge in [0.15, 0.2) is 0 Å². The Morgan fingerprint density at radius 2 is 0.968 bits per heavy atom. The standard InChI is InChI=1S/C29H39N2/c1-24-11-17-27(18-12-24)30(28-19-13-25(2)14-20-28)29-21-15-26(16-22-29)10-8-6-7-9-23-31(3,4)5/h11-22H,6-10,23H2,1-5H3/q+1. The Labute approximate surface area is 189 Å². The molecule has 0 fully saturated rings. The summed E-state index contributed by atoms with van der Waals surface area (Å²) in [4.78, 5) is 2.34. The fourth-order valence-electron chi connectivity index (χ4n) is 3.92. The van der Waals surface area contributed by atoms with Crippen molar-refractivity contribution >= 4 is 17.1 Å². The highest BCUT2D eigenvalue weighted by molar-refractivity contribution is 5.76.